The van der Waals surface area contributed by atoms with Crippen LogP contribution in [0, 0.1) is 6.92 Å². The number of carbonyl (C=O) groups excluding carboxylic acids is 1. The molecular formula is C26H21N3O3S. The van der Waals surface area contributed by atoms with Crippen LogP contribution >= 0.6 is 11.8 Å². The molecule has 33 heavy (non-hydrogen) atoms. The molecule has 5 aromatic rings. The van der Waals surface area contributed by atoms with E-state index in [1.807, 2.05) is 85.8 Å². The van der Waals surface area contributed by atoms with Crippen LogP contribution < -0.4 is 10.9 Å². The summed E-state index contributed by atoms with van der Waals surface area (Å²) in [5.74, 6) is -0.00196. The molecule has 2 aromatic heterocycles. The van der Waals surface area contributed by atoms with Gasteiger partial charge in [0, 0.05) is 11.9 Å². The van der Waals surface area contributed by atoms with Crippen LogP contribution in [0.15, 0.2) is 93.2 Å². The number of thioether (sulfide) groups is 1. The fraction of sp³-hybridized carbons (Fsp3) is 0.115. The van der Waals surface area contributed by atoms with Gasteiger partial charge in [-0.05, 0) is 42.3 Å². The highest BCUT2D eigenvalue weighted by Gasteiger charge is 2.19. The van der Waals surface area contributed by atoms with Crippen LogP contribution in [-0.2, 0) is 11.3 Å². The highest BCUT2D eigenvalue weighted by molar-refractivity contribution is 7.99. The third-order valence-corrected chi connectivity index (χ3v) is 6.23. The molecule has 0 saturated carbocycles. The molecule has 2 heterocycles. The van der Waals surface area contributed by atoms with Gasteiger partial charge in [-0.3, -0.25) is 14.2 Å². The normalized spacial score (nSPS) is 11.2. The van der Waals surface area contributed by atoms with Crippen molar-refractivity contribution in [2.45, 2.75) is 18.6 Å². The lowest BCUT2D eigenvalue weighted by Gasteiger charge is -2.12. The maximum Gasteiger partial charge on any atom is 0.302 e. The maximum atomic E-state index is 13.5. The summed E-state index contributed by atoms with van der Waals surface area (Å²) < 4.78 is 7.38. The van der Waals surface area contributed by atoms with E-state index in [4.69, 9.17) is 9.40 Å². The third-order valence-electron chi connectivity index (χ3n) is 5.29. The standard InChI is InChI=1S/C26H21N3O3S/c1-17-8-7-11-19(14-17)29-25(31)24-23(20-12-5-6-13-21(20)32-24)28-26(29)33-16-22(30)27-15-18-9-3-2-4-10-18/h2-14H,15-16H2,1H3,(H,27,30). The lowest BCUT2D eigenvalue weighted by atomic mass is 10.2. The number of furan rings is 1. The van der Waals surface area contributed by atoms with Crippen molar-refractivity contribution >= 4 is 39.7 Å². The molecule has 0 atom stereocenters. The van der Waals surface area contributed by atoms with Crippen LogP contribution in [0.5, 0.6) is 0 Å². The molecule has 5 rings (SSSR count). The van der Waals surface area contributed by atoms with Crippen LogP contribution in [-0.4, -0.2) is 21.2 Å². The van der Waals surface area contributed by atoms with Gasteiger partial charge >= 0.3 is 5.56 Å². The summed E-state index contributed by atoms with van der Waals surface area (Å²) in [5, 5.41) is 4.14. The van der Waals surface area contributed by atoms with Crippen molar-refractivity contribution in [2.24, 2.45) is 0 Å². The molecule has 3 aromatic carbocycles. The van der Waals surface area contributed by atoms with E-state index in [2.05, 4.69) is 5.32 Å². The summed E-state index contributed by atoms with van der Waals surface area (Å²) in [6, 6.07) is 24.8. The largest absolute Gasteiger partial charge is 0.448 e. The summed E-state index contributed by atoms with van der Waals surface area (Å²) in [5.41, 5.74) is 3.74. The Kier molecular flexibility index (Phi) is 5.71. The minimum absolute atomic E-state index is 0.131. The monoisotopic (exact) mass is 455 g/mol. The molecule has 0 radical (unpaired) electrons. The second-order valence-electron chi connectivity index (χ2n) is 7.70. The predicted molar refractivity (Wildman–Crippen MR) is 131 cm³/mol. The molecule has 0 fully saturated rings. The molecule has 0 aliphatic carbocycles. The van der Waals surface area contributed by atoms with Gasteiger partial charge in [-0.25, -0.2) is 4.98 Å². The van der Waals surface area contributed by atoms with E-state index in [-0.39, 0.29) is 22.8 Å². The molecule has 6 nitrogen and oxygen atoms in total. The van der Waals surface area contributed by atoms with Crippen molar-refractivity contribution in [3.05, 3.63) is 100 Å². The van der Waals surface area contributed by atoms with Crippen LogP contribution in [0.4, 0.5) is 0 Å². The quantitative estimate of drug-likeness (QED) is 0.293. The van der Waals surface area contributed by atoms with E-state index in [1.165, 1.54) is 16.3 Å². The van der Waals surface area contributed by atoms with Gasteiger partial charge in [0.15, 0.2) is 5.16 Å². The Morgan fingerprint density at radius 1 is 1.03 bits per heavy atom. The zero-order valence-corrected chi connectivity index (χ0v) is 18.8. The number of nitrogens with one attached hydrogen (secondary N) is 1. The maximum absolute atomic E-state index is 13.5. The highest BCUT2D eigenvalue weighted by Crippen LogP contribution is 2.28. The van der Waals surface area contributed by atoms with E-state index in [9.17, 15) is 9.59 Å². The number of hydrogen-bond acceptors (Lipinski definition) is 5. The molecule has 0 unspecified atom stereocenters. The van der Waals surface area contributed by atoms with Crippen molar-refractivity contribution in [3.8, 4) is 5.69 Å². The van der Waals surface area contributed by atoms with Gasteiger partial charge in [0.1, 0.15) is 11.1 Å². The highest BCUT2D eigenvalue weighted by atomic mass is 32.2. The number of benzene rings is 3. The average Bonchev–Trinajstić information content (AvgIpc) is 3.21. The molecule has 0 saturated heterocycles. The SMILES string of the molecule is Cc1cccc(-n2c(SCC(=O)NCc3ccccc3)nc3c(oc4ccccc43)c2=O)c1. The molecule has 164 valence electrons. The van der Waals surface area contributed by atoms with E-state index < -0.39 is 0 Å². The number of aromatic nitrogens is 2. The van der Waals surface area contributed by atoms with Gasteiger partial charge in [-0.15, -0.1) is 0 Å². The number of amides is 1. The number of fused-ring (bicyclic) bond motifs is 3. The number of aryl methyl sites for hydroxylation is 1. The lowest BCUT2D eigenvalue weighted by molar-refractivity contribution is -0.118. The Labute approximate surface area is 194 Å². The fourth-order valence-corrected chi connectivity index (χ4v) is 4.53. The predicted octanol–water partition coefficient (Wildman–Crippen LogP) is 4.85. The number of rotatable bonds is 6. The minimum Gasteiger partial charge on any atom is -0.448 e. The molecule has 7 heteroatoms. The number of para-hydroxylation sites is 1. The van der Waals surface area contributed by atoms with E-state index >= 15 is 0 Å². The molecule has 0 aliphatic heterocycles. The van der Waals surface area contributed by atoms with Crippen molar-refractivity contribution in [1.82, 2.24) is 14.9 Å². The summed E-state index contributed by atoms with van der Waals surface area (Å²) in [4.78, 5) is 30.8. The van der Waals surface area contributed by atoms with Gasteiger partial charge < -0.3 is 9.73 Å². The molecular weight excluding hydrogens is 434 g/mol. The Morgan fingerprint density at radius 3 is 2.64 bits per heavy atom. The summed E-state index contributed by atoms with van der Waals surface area (Å²) in [6.07, 6.45) is 0. The topological polar surface area (TPSA) is 77.1 Å². The van der Waals surface area contributed by atoms with Crippen LogP contribution in [0.3, 0.4) is 0 Å². The summed E-state index contributed by atoms with van der Waals surface area (Å²) >= 11 is 1.23. The zero-order valence-electron chi connectivity index (χ0n) is 17.9. The van der Waals surface area contributed by atoms with E-state index in [1.54, 1.807) is 0 Å². The average molecular weight is 456 g/mol. The van der Waals surface area contributed by atoms with Crippen molar-refractivity contribution < 1.29 is 9.21 Å². The second kappa shape index (κ2) is 8.96. The van der Waals surface area contributed by atoms with Crippen molar-refractivity contribution in [2.75, 3.05) is 5.75 Å². The smallest absolute Gasteiger partial charge is 0.302 e. The summed E-state index contributed by atoms with van der Waals surface area (Å²) in [6.45, 7) is 2.41. The lowest BCUT2D eigenvalue weighted by Crippen LogP contribution is -2.26. The zero-order chi connectivity index (χ0) is 22.8. The number of carbonyl (C=O) groups is 1. The van der Waals surface area contributed by atoms with E-state index in [0.717, 1.165) is 16.5 Å². The first-order chi connectivity index (χ1) is 16.1. The molecule has 0 aliphatic rings. The first-order valence-corrected chi connectivity index (χ1v) is 11.5. The van der Waals surface area contributed by atoms with Gasteiger partial charge in [0.2, 0.25) is 11.5 Å². The Balaban J connectivity index is 1.51. The molecule has 1 N–H and O–H groups in total. The molecule has 0 bridgehead atoms. The van der Waals surface area contributed by atoms with Gasteiger partial charge in [-0.2, -0.15) is 0 Å². The third kappa shape index (κ3) is 4.27. The second-order valence-corrected chi connectivity index (χ2v) is 8.64. The van der Waals surface area contributed by atoms with Gasteiger partial charge in [0.05, 0.1) is 11.4 Å². The van der Waals surface area contributed by atoms with Crippen molar-refractivity contribution in [3.63, 3.8) is 0 Å². The Hall–Kier alpha value is -3.84. The van der Waals surface area contributed by atoms with Gasteiger partial charge in [-0.1, -0.05) is 66.4 Å². The molecule has 0 spiro atoms. The first-order valence-electron chi connectivity index (χ1n) is 10.5. The Morgan fingerprint density at radius 2 is 1.82 bits per heavy atom. The Bertz CT molecular complexity index is 1520. The first kappa shape index (κ1) is 21.0. The summed E-state index contributed by atoms with van der Waals surface area (Å²) in [7, 11) is 0. The van der Waals surface area contributed by atoms with Crippen molar-refractivity contribution in [1.29, 1.82) is 0 Å². The fourth-order valence-electron chi connectivity index (χ4n) is 3.69. The number of hydrogen-bond donors (Lipinski definition) is 1. The van der Waals surface area contributed by atoms with Crippen LogP contribution in [0.2, 0.25) is 0 Å². The minimum atomic E-state index is -0.297. The van der Waals surface area contributed by atoms with Gasteiger partial charge in [0.25, 0.3) is 0 Å². The van der Waals surface area contributed by atoms with Crippen LogP contribution in [0.25, 0.3) is 27.8 Å². The molecule has 1 amide bonds. The van der Waals surface area contributed by atoms with Crippen LogP contribution in [0.1, 0.15) is 11.1 Å². The number of nitrogens with zero attached hydrogens (tertiary/aromatic N) is 2. The van der Waals surface area contributed by atoms with E-state index in [0.29, 0.717) is 28.5 Å².